The Labute approximate surface area is 166 Å². The fraction of sp³-hybridized carbons (Fsp3) is 0.158. The zero-order chi connectivity index (χ0) is 20.5. The van der Waals surface area contributed by atoms with E-state index in [1.54, 1.807) is 12.1 Å². The van der Waals surface area contributed by atoms with Crippen LogP contribution in [0.25, 0.3) is 0 Å². The third-order valence-corrected chi connectivity index (χ3v) is 4.01. The average molecular weight is 404 g/mol. The number of hydrogen-bond donors (Lipinski definition) is 2. The number of nitrogens with zero attached hydrogens (tertiary/aromatic N) is 1. The average Bonchev–Trinajstić information content (AvgIpc) is 2.69. The third-order valence-electron chi connectivity index (χ3n) is 3.64. The van der Waals surface area contributed by atoms with E-state index in [0.29, 0.717) is 10.7 Å². The van der Waals surface area contributed by atoms with Crippen LogP contribution in [-0.4, -0.2) is 30.0 Å². The summed E-state index contributed by atoms with van der Waals surface area (Å²) in [6.45, 7) is 3.47. The second kappa shape index (κ2) is 10.1. The summed E-state index contributed by atoms with van der Waals surface area (Å²) >= 11 is 6.11. The van der Waals surface area contributed by atoms with Gasteiger partial charge in [0.05, 0.1) is 10.5 Å². The van der Waals surface area contributed by atoms with Crippen molar-refractivity contribution in [2.45, 2.75) is 6.54 Å². The van der Waals surface area contributed by atoms with Crippen LogP contribution in [0, 0.1) is 10.1 Å². The molecule has 0 saturated carbocycles. The van der Waals surface area contributed by atoms with Gasteiger partial charge in [-0.1, -0.05) is 35.9 Å². The number of carbonyl (C=O) groups is 2. The first-order chi connectivity index (χ1) is 13.4. The first-order valence-corrected chi connectivity index (χ1v) is 8.60. The van der Waals surface area contributed by atoms with Gasteiger partial charge in [-0.2, -0.15) is 0 Å². The van der Waals surface area contributed by atoms with Crippen molar-refractivity contribution < 1.29 is 19.2 Å². The van der Waals surface area contributed by atoms with Gasteiger partial charge >= 0.3 is 5.97 Å². The lowest BCUT2D eigenvalue weighted by molar-refractivity contribution is -0.384. The highest BCUT2D eigenvalue weighted by atomic mass is 35.5. The lowest BCUT2D eigenvalue weighted by atomic mass is 10.1. The van der Waals surface area contributed by atoms with Crippen LogP contribution in [0.1, 0.15) is 15.9 Å². The number of non-ortho nitro benzene ring substituents is 1. The lowest BCUT2D eigenvalue weighted by Crippen LogP contribution is -2.28. The highest BCUT2D eigenvalue weighted by molar-refractivity contribution is 6.31. The zero-order valence-electron chi connectivity index (χ0n) is 14.8. The number of ether oxygens (including phenoxy) is 1. The molecule has 0 aliphatic rings. The number of anilines is 1. The van der Waals surface area contributed by atoms with E-state index in [0.717, 1.165) is 11.6 Å². The van der Waals surface area contributed by atoms with Crippen LogP contribution in [-0.2, 0) is 16.1 Å². The Balaban J connectivity index is 2.17. The van der Waals surface area contributed by atoms with Crippen LogP contribution in [0.4, 0.5) is 11.4 Å². The van der Waals surface area contributed by atoms with E-state index >= 15 is 0 Å². The van der Waals surface area contributed by atoms with Crippen LogP contribution >= 0.6 is 11.6 Å². The number of carbonyl (C=O) groups excluding carboxylic acids is 2. The molecule has 2 aromatic carbocycles. The Hall–Kier alpha value is -3.39. The molecule has 0 spiro atoms. The number of nitro groups is 1. The fourth-order valence-corrected chi connectivity index (χ4v) is 2.45. The monoisotopic (exact) mass is 403 g/mol. The number of benzene rings is 2. The van der Waals surface area contributed by atoms with E-state index in [4.69, 9.17) is 16.3 Å². The Bertz CT molecular complexity index is 901. The number of hydrogen-bond acceptors (Lipinski definition) is 6. The van der Waals surface area contributed by atoms with Crippen molar-refractivity contribution in [1.82, 2.24) is 5.32 Å². The molecule has 0 bridgehead atoms. The van der Waals surface area contributed by atoms with Crippen molar-refractivity contribution >= 4 is 34.9 Å². The van der Waals surface area contributed by atoms with E-state index < -0.39 is 23.4 Å². The number of halogens is 1. The van der Waals surface area contributed by atoms with Gasteiger partial charge in [-0.05, 0) is 17.7 Å². The summed E-state index contributed by atoms with van der Waals surface area (Å²) in [5, 5.41) is 17.1. The topological polar surface area (TPSA) is 111 Å². The molecule has 2 aromatic rings. The van der Waals surface area contributed by atoms with Crippen LogP contribution in [0.3, 0.4) is 0 Å². The maximum absolute atomic E-state index is 12.4. The van der Waals surface area contributed by atoms with Crippen molar-refractivity contribution in [2.24, 2.45) is 0 Å². The fourth-order valence-electron chi connectivity index (χ4n) is 2.25. The predicted molar refractivity (Wildman–Crippen MR) is 105 cm³/mol. The summed E-state index contributed by atoms with van der Waals surface area (Å²) in [6.07, 6.45) is 1.48. The summed E-state index contributed by atoms with van der Waals surface area (Å²) < 4.78 is 4.96. The Morgan fingerprint density at radius 1 is 1.25 bits per heavy atom. The Morgan fingerprint density at radius 3 is 2.68 bits per heavy atom. The molecule has 0 fully saturated rings. The molecule has 9 heteroatoms. The smallest absolute Gasteiger partial charge is 0.341 e. The van der Waals surface area contributed by atoms with E-state index in [1.807, 2.05) is 12.1 Å². The van der Waals surface area contributed by atoms with Gasteiger partial charge in [-0.15, -0.1) is 6.58 Å². The Kier molecular flexibility index (Phi) is 7.53. The lowest BCUT2D eigenvalue weighted by Gasteiger charge is -2.12. The summed E-state index contributed by atoms with van der Waals surface area (Å²) in [5.41, 5.74) is 0.775. The molecule has 2 rings (SSSR count). The molecule has 1 amide bonds. The molecular formula is C19H18ClN3O5. The van der Waals surface area contributed by atoms with Gasteiger partial charge in [0.25, 0.3) is 11.6 Å². The largest absolute Gasteiger partial charge is 0.452 e. The standard InChI is InChI=1S/C19H18ClN3O5/c1-2-9-21-18(24)12-28-19(25)15-10-14(23(26)27)7-8-17(15)22-11-13-5-3-4-6-16(13)20/h2-8,10,22H,1,9,11-12H2,(H,21,24). The van der Waals surface area contributed by atoms with Crippen molar-refractivity contribution in [1.29, 1.82) is 0 Å². The summed E-state index contributed by atoms with van der Waals surface area (Å²) in [4.78, 5) is 34.4. The van der Waals surface area contributed by atoms with Gasteiger partial charge in [-0.25, -0.2) is 4.79 Å². The third kappa shape index (κ3) is 5.82. The minimum absolute atomic E-state index is 0.0576. The number of amides is 1. The van der Waals surface area contributed by atoms with Crippen LogP contribution in [0.2, 0.25) is 5.02 Å². The first kappa shape index (κ1) is 20.9. The normalized spacial score (nSPS) is 10.0. The molecule has 0 unspecified atom stereocenters. The van der Waals surface area contributed by atoms with E-state index in [2.05, 4.69) is 17.2 Å². The Morgan fingerprint density at radius 2 is 2.00 bits per heavy atom. The number of nitrogens with one attached hydrogen (secondary N) is 2. The minimum Gasteiger partial charge on any atom is -0.452 e. The molecule has 0 atom stereocenters. The maximum Gasteiger partial charge on any atom is 0.341 e. The van der Waals surface area contributed by atoms with Crippen molar-refractivity contribution in [3.05, 3.63) is 81.4 Å². The minimum atomic E-state index is -0.862. The second-order valence-corrected chi connectivity index (χ2v) is 6.01. The van der Waals surface area contributed by atoms with Gasteiger partial charge < -0.3 is 15.4 Å². The molecule has 0 saturated heterocycles. The van der Waals surface area contributed by atoms with Gasteiger partial charge in [0, 0.05) is 35.9 Å². The zero-order valence-corrected chi connectivity index (χ0v) is 15.6. The van der Waals surface area contributed by atoms with E-state index in [9.17, 15) is 19.7 Å². The molecule has 0 heterocycles. The molecule has 146 valence electrons. The van der Waals surface area contributed by atoms with E-state index in [-0.39, 0.29) is 24.3 Å². The summed E-state index contributed by atoms with van der Waals surface area (Å²) in [6, 6.07) is 10.9. The highest BCUT2D eigenvalue weighted by Gasteiger charge is 2.19. The molecular weight excluding hydrogens is 386 g/mol. The molecule has 2 N–H and O–H groups in total. The maximum atomic E-state index is 12.4. The van der Waals surface area contributed by atoms with Crippen molar-refractivity contribution in [3.63, 3.8) is 0 Å². The molecule has 0 aromatic heterocycles. The molecule has 28 heavy (non-hydrogen) atoms. The number of esters is 1. The molecule has 0 radical (unpaired) electrons. The van der Waals surface area contributed by atoms with Gasteiger partial charge in [0.1, 0.15) is 0 Å². The van der Waals surface area contributed by atoms with E-state index in [1.165, 1.54) is 18.2 Å². The summed E-state index contributed by atoms with van der Waals surface area (Å²) in [7, 11) is 0. The van der Waals surface area contributed by atoms with Crippen molar-refractivity contribution in [3.8, 4) is 0 Å². The van der Waals surface area contributed by atoms with Crippen LogP contribution in [0.15, 0.2) is 55.1 Å². The molecule has 8 nitrogen and oxygen atoms in total. The SMILES string of the molecule is C=CCNC(=O)COC(=O)c1cc([N+](=O)[O-])ccc1NCc1ccccc1Cl. The second-order valence-electron chi connectivity index (χ2n) is 5.60. The van der Waals surface area contributed by atoms with Crippen LogP contribution in [0.5, 0.6) is 0 Å². The van der Waals surface area contributed by atoms with Gasteiger partial charge in [-0.3, -0.25) is 14.9 Å². The highest BCUT2D eigenvalue weighted by Crippen LogP contribution is 2.24. The summed E-state index contributed by atoms with van der Waals surface area (Å²) in [5.74, 6) is -1.37. The van der Waals surface area contributed by atoms with Crippen LogP contribution < -0.4 is 10.6 Å². The van der Waals surface area contributed by atoms with Gasteiger partial charge in [0.15, 0.2) is 6.61 Å². The predicted octanol–water partition coefficient (Wildman–Crippen LogP) is 3.32. The van der Waals surface area contributed by atoms with Gasteiger partial charge in [0.2, 0.25) is 0 Å². The number of nitro benzene ring substituents is 1. The molecule has 0 aliphatic carbocycles. The first-order valence-electron chi connectivity index (χ1n) is 8.22. The number of rotatable bonds is 9. The quantitative estimate of drug-likeness (QED) is 0.287. The molecule has 0 aliphatic heterocycles. The van der Waals surface area contributed by atoms with Crippen molar-refractivity contribution in [2.75, 3.05) is 18.5 Å².